The van der Waals surface area contributed by atoms with Crippen molar-refractivity contribution in [1.82, 2.24) is 15.2 Å². The van der Waals surface area contributed by atoms with Gasteiger partial charge in [0.05, 0.1) is 19.9 Å². The highest BCUT2D eigenvalue weighted by molar-refractivity contribution is 6.30. The maximum absolute atomic E-state index is 14.1. The third kappa shape index (κ3) is 6.75. The van der Waals surface area contributed by atoms with Crippen molar-refractivity contribution in [1.29, 1.82) is 0 Å². The Morgan fingerprint density at radius 1 is 1.25 bits per heavy atom. The van der Waals surface area contributed by atoms with Crippen molar-refractivity contribution < 1.29 is 23.0 Å². The van der Waals surface area contributed by atoms with Crippen LogP contribution in [0.2, 0.25) is 5.02 Å². The average molecular weight is 469 g/mol. The maximum atomic E-state index is 14.1. The normalized spacial score (nSPS) is 19.4. The van der Waals surface area contributed by atoms with Crippen LogP contribution in [0.15, 0.2) is 42.6 Å². The number of benzene rings is 1. The van der Waals surface area contributed by atoms with Gasteiger partial charge in [-0.2, -0.15) is 0 Å². The number of ether oxygens (including phenoxy) is 2. The number of aromatic nitrogens is 1. The summed E-state index contributed by atoms with van der Waals surface area (Å²) in [6.45, 7) is -0.320. The SMILES string of the molecule is COCC(F)(F)CN1CCC(NC(=O)Nc2ccc(Cl)cc2)C(c2ccc(OC)cn2)C1. The van der Waals surface area contributed by atoms with Crippen molar-refractivity contribution in [3.05, 3.63) is 53.3 Å². The maximum Gasteiger partial charge on any atom is 0.319 e. The van der Waals surface area contributed by atoms with Crippen molar-refractivity contribution in [2.24, 2.45) is 0 Å². The van der Waals surface area contributed by atoms with Crippen LogP contribution >= 0.6 is 11.6 Å². The second kappa shape index (κ2) is 10.9. The summed E-state index contributed by atoms with van der Waals surface area (Å²) in [5.41, 5.74) is 1.30. The van der Waals surface area contributed by atoms with Crippen molar-refractivity contribution in [3.63, 3.8) is 0 Å². The Labute approximate surface area is 191 Å². The van der Waals surface area contributed by atoms with Crippen LogP contribution in [0.4, 0.5) is 19.3 Å². The fraction of sp³-hybridized carbons (Fsp3) is 0.455. The first kappa shape index (κ1) is 24.2. The van der Waals surface area contributed by atoms with Gasteiger partial charge in [0.1, 0.15) is 12.4 Å². The summed E-state index contributed by atoms with van der Waals surface area (Å²) in [4.78, 5) is 18.7. The number of amides is 2. The van der Waals surface area contributed by atoms with Crippen molar-refractivity contribution in [2.75, 3.05) is 45.8 Å². The zero-order valence-corrected chi connectivity index (χ0v) is 18.7. The van der Waals surface area contributed by atoms with Crippen LogP contribution in [0.3, 0.4) is 0 Å². The lowest BCUT2D eigenvalue weighted by atomic mass is 9.88. The molecule has 7 nitrogen and oxygen atoms in total. The number of nitrogens with one attached hydrogen (secondary N) is 2. The van der Waals surface area contributed by atoms with Gasteiger partial charge in [0.25, 0.3) is 5.92 Å². The lowest BCUT2D eigenvalue weighted by Crippen LogP contribution is -2.53. The molecule has 1 fully saturated rings. The van der Waals surface area contributed by atoms with Crippen molar-refractivity contribution >= 4 is 23.3 Å². The van der Waals surface area contributed by atoms with Crippen LogP contribution in [0.25, 0.3) is 0 Å². The van der Waals surface area contributed by atoms with Crippen LogP contribution in [-0.2, 0) is 4.74 Å². The number of methoxy groups -OCH3 is 2. The molecular weight excluding hydrogens is 442 g/mol. The number of hydrogen-bond donors (Lipinski definition) is 2. The number of likely N-dealkylation sites (tertiary alicyclic amines) is 1. The number of rotatable bonds is 8. The number of carbonyl (C=O) groups is 1. The molecule has 0 saturated carbocycles. The van der Waals surface area contributed by atoms with E-state index < -0.39 is 19.1 Å². The Hall–Kier alpha value is -2.49. The quantitative estimate of drug-likeness (QED) is 0.612. The van der Waals surface area contributed by atoms with Gasteiger partial charge in [-0.3, -0.25) is 9.88 Å². The summed E-state index contributed by atoms with van der Waals surface area (Å²) < 4.78 is 38.1. The molecule has 32 heavy (non-hydrogen) atoms. The Kier molecular flexibility index (Phi) is 8.22. The number of alkyl halides is 2. The highest BCUT2D eigenvalue weighted by Gasteiger charge is 2.38. The number of hydrogen-bond acceptors (Lipinski definition) is 5. The third-order valence-electron chi connectivity index (χ3n) is 5.30. The summed E-state index contributed by atoms with van der Waals surface area (Å²) in [7, 11) is 2.80. The zero-order chi connectivity index (χ0) is 23.1. The Bertz CT molecular complexity index is 884. The minimum absolute atomic E-state index is 0.274. The van der Waals surface area contributed by atoms with Gasteiger partial charge >= 0.3 is 6.03 Å². The van der Waals surface area contributed by atoms with Crippen LogP contribution in [0.1, 0.15) is 18.0 Å². The number of anilines is 1. The smallest absolute Gasteiger partial charge is 0.319 e. The molecule has 174 valence electrons. The molecule has 1 aliphatic heterocycles. The summed E-state index contributed by atoms with van der Waals surface area (Å²) in [5.74, 6) is -2.64. The van der Waals surface area contributed by atoms with E-state index in [-0.39, 0.29) is 18.0 Å². The van der Waals surface area contributed by atoms with Crippen molar-refractivity contribution in [2.45, 2.75) is 24.3 Å². The van der Waals surface area contributed by atoms with E-state index in [1.807, 2.05) is 0 Å². The van der Waals surface area contributed by atoms with Gasteiger partial charge in [-0.25, -0.2) is 13.6 Å². The van der Waals surface area contributed by atoms with E-state index in [1.165, 1.54) is 7.11 Å². The second-order valence-corrected chi connectivity index (χ2v) is 8.19. The Morgan fingerprint density at radius 2 is 2.00 bits per heavy atom. The van der Waals surface area contributed by atoms with Crippen LogP contribution in [-0.4, -0.2) is 68.3 Å². The fourth-order valence-corrected chi connectivity index (χ4v) is 3.95. The van der Waals surface area contributed by atoms with Crippen LogP contribution in [0.5, 0.6) is 5.75 Å². The number of carbonyl (C=O) groups excluding carboxylic acids is 1. The molecule has 2 unspecified atom stereocenters. The lowest BCUT2D eigenvalue weighted by Gasteiger charge is -2.39. The van der Waals surface area contributed by atoms with E-state index in [0.717, 1.165) is 0 Å². The summed E-state index contributed by atoms with van der Waals surface area (Å²) in [6.07, 6.45) is 2.08. The van der Waals surface area contributed by atoms with Gasteiger partial charge in [0.15, 0.2) is 0 Å². The van der Waals surface area contributed by atoms with Crippen molar-refractivity contribution in [3.8, 4) is 5.75 Å². The van der Waals surface area contributed by atoms with Gasteiger partial charge in [0, 0.05) is 48.6 Å². The second-order valence-electron chi connectivity index (χ2n) is 7.75. The topological polar surface area (TPSA) is 75.7 Å². The predicted molar refractivity (Wildman–Crippen MR) is 119 cm³/mol. The van der Waals surface area contributed by atoms with E-state index in [4.69, 9.17) is 16.3 Å². The predicted octanol–water partition coefficient (Wildman–Crippen LogP) is 4.00. The third-order valence-corrected chi connectivity index (χ3v) is 5.55. The molecular formula is C22H27ClF2N4O3. The molecule has 0 spiro atoms. The molecule has 2 amide bonds. The Morgan fingerprint density at radius 3 is 2.62 bits per heavy atom. The van der Waals surface area contributed by atoms with E-state index in [9.17, 15) is 13.6 Å². The first-order valence-corrected chi connectivity index (χ1v) is 10.6. The molecule has 1 aromatic carbocycles. The molecule has 2 aromatic rings. The lowest BCUT2D eigenvalue weighted by molar-refractivity contribution is -0.0881. The number of urea groups is 1. The van der Waals surface area contributed by atoms with E-state index in [0.29, 0.717) is 41.7 Å². The van der Waals surface area contributed by atoms with E-state index >= 15 is 0 Å². The molecule has 10 heteroatoms. The number of piperidine rings is 1. The molecule has 0 aliphatic carbocycles. The Balaban J connectivity index is 1.72. The first-order valence-electron chi connectivity index (χ1n) is 10.2. The monoisotopic (exact) mass is 468 g/mol. The molecule has 2 heterocycles. The van der Waals surface area contributed by atoms with Gasteiger partial charge in [-0.05, 0) is 42.8 Å². The molecule has 3 rings (SSSR count). The van der Waals surface area contributed by atoms with Gasteiger partial charge in [0.2, 0.25) is 0 Å². The molecule has 0 radical (unpaired) electrons. The highest BCUT2D eigenvalue weighted by atomic mass is 35.5. The molecule has 1 saturated heterocycles. The summed E-state index contributed by atoms with van der Waals surface area (Å²) in [6, 6.07) is 9.66. The number of nitrogens with zero attached hydrogens (tertiary/aromatic N) is 2. The molecule has 2 atom stereocenters. The largest absolute Gasteiger partial charge is 0.495 e. The van der Waals surface area contributed by atoms with Gasteiger partial charge < -0.3 is 20.1 Å². The van der Waals surface area contributed by atoms with Gasteiger partial charge in [-0.1, -0.05) is 11.6 Å². The summed E-state index contributed by atoms with van der Waals surface area (Å²) in [5, 5.41) is 6.32. The first-order chi connectivity index (χ1) is 15.3. The van der Waals surface area contributed by atoms with Gasteiger partial charge in [-0.15, -0.1) is 0 Å². The highest BCUT2D eigenvalue weighted by Crippen LogP contribution is 2.29. The number of halogens is 3. The molecule has 0 bridgehead atoms. The minimum Gasteiger partial charge on any atom is -0.495 e. The van der Waals surface area contributed by atoms with Crippen LogP contribution < -0.4 is 15.4 Å². The fourth-order valence-electron chi connectivity index (χ4n) is 3.82. The minimum atomic E-state index is -2.96. The number of pyridine rings is 1. The molecule has 1 aliphatic rings. The standard InChI is InChI=1S/C22H27ClF2N4O3/c1-31-14-22(24,25)13-29-10-9-20(18(12-29)19-8-7-17(32-2)11-26-19)28-21(30)27-16-5-3-15(23)4-6-16/h3-8,11,18,20H,9-10,12-14H2,1-2H3,(H2,27,28,30). The van der Waals surface area contributed by atoms with Crippen LogP contribution in [0, 0.1) is 0 Å². The zero-order valence-electron chi connectivity index (χ0n) is 18.0. The molecule has 2 N–H and O–H groups in total. The molecule has 1 aromatic heterocycles. The summed E-state index contributed by atoms with van der Waals surface area (Å²) >= 11 is 5.88. The van der Waals surface area contributed by atoms with E-state index in [1.54, 1.807) is 54.6 Å². The average Bonchev–Trinajstić information content (AvgIpc) is 2.76. The van der Waals surface area contributed by atoms with E-state index in [2.05, 4.69) is 20.4 Å².